The number of cyclic esters (lactones) is 1. The van der Waals surface area contributed by atoms with Gasteiger partial charge < -0.3 is 25.0 Å². The van der Waals surface area contributed by atoms with E-state index >= 15 is 0 Å². The first kappa shape index (κ1) is 18.9. The summed E-state index contributed by atoms with van der Waals surface area (Å²) in [7, 11) is 0. The number of fused-ring (bicyclic) bond motifs is 5. The number of benzene rings is 1. The molecule has 0 aliphatic carbocycles. The van der Waals surface area contributed by atoms with Gasteiger partial charge in [-0.15, -0.1) is 0 Å². The second-order valence-corrected chi connectivity index (χ2v) is 8.35. The average molecular weight is 409 g/mol. The first-order chi connectivity index (χ1) is 14.3. The van der Waals surface area contributed by atoms with Gasteiger partial charge in [0.15, 0.2) is 5.60 Å². The van der Waals surface area contributed by atoms with Crippen LogP contribution in [0.25, 0.3) is 0 Å². The van der Waals surface area contributed by atoms with Crippen LogP contribution in [0, 0.1) is 5.92 Å². The van der Waals surface area contributed by atoms with E-state index in [1.807, 2.05) is 12.1 Å². The summed E-state index contributed by atoms with van der Waals surface area (Å²) in [6, 6.07) is 6.84. The molecule has 8 nitrogen and oxygen atoms in total. The van der Waals surface area contributed by atoms with Crippen LogP contribution < -0.4 is 16.2 Å². The van der Waals surface area contributed by atoms with Gasteiger partial charge in [0.25, 0.3) is 5.56 Å². The number of pyridine rings is 1. The van der Waals surface area contributed by atoms with Crippen molar-refractivity contribution in [1.29, 1.82) is 0 Å². The van der Waals surface area contributed by atoms with Gasteiger partial charge in [-0.25, -0.2) is 4.79 Å². The maximum Gasteiger partial charge on any atom is 0.343 e. The van der Waals surface area contributed by atoms with Crippen molar-refractivity contribution < 1.29 is 19.4 Å². The molecule has 0 radical (unpaired) electrons. The fourth-order valence-corrected chi connectivity index (χ4v) is 5.25. The summed E-state index contributed by atoms with van der Waals surface area (Å²) in [5.74, 6) is -0.894. The molecular weight excluding hydrogens is 386 g/mol. The number of carbonyl (C=O) groups excluding carboxylic acids is 2. The van der Waals surface area contributed by atoms with Crippen LogP contribution in [0.2, 0.25) is 0 Å². The number of hydrogen-bond donors (Lipinski definition) is 2. The van der Waals surface area contributed by atoms with Gasteiger partial charge in [0.1, 0.15) is 6.61 Å². The first-order valence-corrected chi connectivity index (χ1v) is 10.1. The average Bonchev–Trinajstić information content (AvgIpc) is 3.07. The molecule has 30 heavy (non-hydrogen) atoms. The molecule has 3 aliphatic heterocycles. The van der Waals surface area contributed by atoms with Crippen LogP contribution in [0.15, 0.2) is 29.1 Å². The minimum absolute atomic E-state index is 0.00825. The van der Waals surface area contributed by atoms with Gasteiger partial charge >= 0.3 is 5.97 Å². The highest BCUT2D eigenvalue weighted by Gasteiger charge is 2.49. The Bertz CT molecular complexity index is 1170. The smallest absolute Gasteiger partial charge is 0.343 e. The molecule has 3 aliphatic rings. The van der Waals surface area contributed by atoms with Crippen LogP contribution in [0.4, 0.5) is 11.4 Å². The van der Waals surface area contributed by atoms with Crippen LogP contribution in [0.5, 0.6) is 0 Å². The largest absolute Gasteiger partial charge is 0.458 e. The number of carbonyl (C=O) groups is 2. The van der Waals surface area contributed by atoms with Gasteiger partial charge in [-0.05, 0) is 42.7 Å². The molecule has 0 saturated carbocycles. The van der Waals surface area contributed by atoms with Crippen molar-refractivity contribution in [2.75, 3.05) is 10.6 Å². The van der Waals surface area contributed by atoms with Crippen molar-refractivity contribution in [3.8, 4) is 0 Å². The van der Waals surface area contributed by atoms with E-state index in [0.717, 1.165) is 11.3 Å². The third kappa shape index (κ3) is 2.34. The quantitative estimate of drug-likeness (QED) is 0.543. The molecule has 5 rings (SSSR count). The molecule has 4 heterocycles. The Balaban J connectivity index is 1.73. The topological polar surface area (TPSA) is 115 Å². The molecule has 0 fully saturated rings. The zero-order valence-corrected chi connectivity index (χ0v) is 16.8. The zero-order chi connectivity index (χ0) is 21.4. The van der Waals surface area contributed by atoms with Crippen LogP contribution in [-0.4, -0.2) is 21.6 Å². The van der Waals surface area contributed by atoms with Gasteiger partial charge in [0.05, 0.1) is 11.6 Å². The minimum Gasteiger partial charge on any atom is -0.458 e. The third-order valence-electron chi connectivity index (χ3n) is 6.70. The summed E-state index contributed by atoms with van der Waals surface area (Å²) < 4.78 is 6.77. The summed E-state index contributed by atoms with van der Waals surface area (Å²) in [5.41, 5.74) is 7.44. The van der Waals surface area contributed by atoms with Gasteiger partial charge in [0, 0.05) is 42.0 Å². The van der Waals surface area contributed by atoms with Crippen molar-refractivity contribution >= 4 is 23.3 Å². The Morgan fingerprint density at radius 3 is 2.80 bits per heavy atom. The van der Waals surface area contributed by atoms with Gasteiger partial charge in [-0.3, -0.25) is 9.59 Å². The molecule has 0 bridgehead atoms. The van der Waals surface area contributed by atoms with Crippen LogP contribution in [0.1, 0.15) is 48.7 Å². The number of aromatic nitrogens is 1. The van der Waals surface area contributed by atoms with Crippen LogP contribution in [0.3, 0.4) is 0 Å². The molecule has 2 aromatic rings. The molecule has 0 saturated heterocycles. The predicted molar refractivity (Wildman–Crippen MR) is 109 cm³/mol. The van der Waals surface area contributed by atoms with Crippen molar-refractivity contribution in [3.63, 3.8) is 0 Å². The Hall–Kier alpha value is -3.13. The van der Waals surface area contributed by atoms with Crippen LogP contribution >= 0.6 is 0 Å². The molecule has 1 amide bonds. The number of hydrogen-bond acceptors (Lipinski definition) is 6. The first-order valence-electron chi connectivity index (χ1n) is 10.1. The number of nitrogen functional groups attached to an aromatic ring is 1. The number of rotatable bonds is 1. The second-order valence-electron chi connectivity index (χ2n) is 8.35. The van der Waals surface area contributed by atoms with Crippen molar-refractivity contribution in [3.05, 3.63) is 57.0 Å². The molecule has 1 aromatic heterocycles. The maximum absolute atomic E-state index is 13.3. The molecule has 2 unspecified atom stereocenters. The van der Waals surface area contributed by atoms with E-state index in [2.05, 4.69) is 0 Å². The lowest BCUT2D eigenvalue weighted by Gasteiger charge is -2.39. The summed E-state index contributed by atoms with van der Waals surface area (Å²) in [6.45, 7) is 3.47. The van der Waals surface area contributed by atoms with Crippen LogP contribution in [-0.2, 0) is 39.5 Å². The normalized spacial score (nSPS) is 26.4. The number of esters is 1. The molecule has 3 N–H and O–H groups in total. The highest BCUT2D eigenvalue weighted by atomic mass is 16.6. The molecule has 156 valence electrons. The fraction of sp³-hybridized carbons (Fsp3) is 0.409. The van der Waals surface area contributed by atoms with E-state index in [1.165, 1.54) is 6.92 Å². The van der Waals surface area contributed by atoms with E-state index in [4.69, 9.17) is 10.5 Å². The lowest BCUT2D eigenvalue weighted by atomic mass is 9.83. The number of nitrogens with zero attached hydrogens (tertiary/aromatic N) is 2. The molecule has 0 spiro atoms. The third-order valence-corrected chi connectivity index (χ3v) is 6.70. The molecule has 3 atom stereocenters. The number of nitrogens with two attached hydrogens (primary N) is 1. The van der Waals surface area contributed by atoms with E-state index in [1.54, 1.807) is 28.5 Å². The van der Waals surface area contributed by atoms with Gasteiger partial charge in [0.2, 0.25) is 5.91 Å². The van der Waals surface area contributed by atoms with Crippen molar-refractivity contribution in [2.24, 2.45) is 5.92 Å². The van der Waals surface area contributed by atoms with Crippen molar-refractivity contribution in [2.45, 2.75) is 51.5 Å². The fourth-order valence-electron chi connectivity index (χ4n) is 5.25. The van der Waals surface area contributed by atoms with E-state index < -0.39 is 11.6 Å². The number of anilines is 2. The SMILES string of the molecule is CC[C@@]1(O)C(=O)OCc2c1cc1n(c2=O)CC2Cc3cc(N)ccc3N(C(C)=O)C12. The maximum atomic E-state index is 13.3. The highest BCUT2D eigenvalue weighted by Crippen LogP contribution is 2.47. The Kier molecular flexibility index (Phi) is 3.89. The predicted octanol–water partition coefficient (Wildman–Crippen LogP) is 1.36. The Labute approximate surface area is 172 Å². The van der Waals surface area contributed by atoms with Gasteiger partial charge in [-0.1, -0.05) is 6.92 Å². The monoisotopic (exact) mass is 409 g/mol. The summed E-state index contributed by atoms with van der Waals surface area (Å²) >= 11 is 0. The van der Waals surface area contributed by atoms with Gasteiger partial charge in [-0.2, -0.15) is 0 Å². The van der Waals surface area contributed by atoms with E-state index in [9.17, 15) is 19.5 Å². The molecule has 8 heteroatoms. The lowest BCUT2D eigenvalue weighted by molar-refractivity contribution is -0.172. The summed E-state index contributed by atoms with van der Waals surface area (Å²) in [5, 5.41) is 11.0. The number of ether oxygens (including phenoxy) is 1. The van der Waals surface area contributed by atoms with Crippen molar-refractivity contribution in [1.82, 2.24) is 4.57 Å². The molecule has 1 aromatic carbocycles. The zero-order valence-electron chi connectivity index (χ0n) is 16.8. The summed E-state index contributed by atoms with van der Waals surface area (Å²) in [6.07, 6.45) is 0.766. The lowest BCUT2D eigenvalue weighted by Crippen LogP contribution is -2.45. The number of aliphatic hydroxyl groups is 1. The summed E-state index contributed by atoms with van der Waals surface area (Å²) in [4.78, 5) is 40.0. The standard InChI is InChI=1S/C22H23N3O5/c1-3-22(29)16-8-18-19-13(9-24(18)20(27)15(16)10-30-21(22)28)6-12-7-14(23)4-5-17(12)25(19)11(2)26/h4-5,7-8,13,19,29H,3,6,9-10,23H2,1-2H3/t13?,19?,22-/m0/s1. The highest BCUT2D eigenvalue weighted by molar-refractivity contribution is 5.94. The minimum atomic E-state index is -1.86. The Morgan fingerprint density at radius 2 is 2.10 bits per heavy atom. The number of amides is 1. The van der Waals surface area contributed by atoms with E-state index in [0.29, 0.717) is 35.5 Å². The Morgan fingerprint density at radius 1 is 1.33 bits per heavy atom. The second kappa shape index (κ2) is 6.18. The molecular formula is C22H23N3O5. The van der Waals surface area contributed by atoms with E-state index in [-0.39, 0.29) is 36.5 Å².